The zero-order chi connectivity index (χ0) is 16.6. The standard InChI is InChI=1S/C11H19F2O7P/c1-7(2)9(14)17-5-19-21(16,11(12)13)20-6-18-10(15)8(3)4/h7-8,11H,5-6H2,1-4H3. The summed E-state index contributed by atoms with van der Waals surface area (Å²) < 4.78 is 54.5. The third kappa shape index (κ3) is 7.50. The van der Waals surface area contributed by atoms with Crippen LogP contribution in [0.4, 0.5) is 8.78 Å². The highest BCUT2D eigenvalue weighted by Gasteiger charge is 2.38. The fourth-order valence-electron chi connectivity index (χ4n) is 0.799. The molecule has 0 aromatic heterocycles. The Labute approximate surface area is 121 Å². The van der Waals surface area contributed by atoms with E-state index >= 15 is 0 Å². The van der Waals surface area contributed by atoms with Crippen molar-refractivity contribution in [3.8, 4) is 0 Å². The summed E-state index contributed by atoms with van der Waals surface area (Å²) in [6.45, 7) is 4.20. The van der Waals surface area contributed by atoms with Crippen LogP contribution in [0, 0.1) is 11.8 Å². The molecule has 0 rings (SSSR count). The number of halogens is 2. The molecule has 0 saturated carbocycles. The molecule has 0 radical (unpaired) electrons. The number of hydrogen-bond acceptors (Lipinski definition) is 7. The van der Waals surface area contributed by atoms with Gasteiger partial charge in [0.25, 0.3) is 0 Å². The van der Waals surface area contributed by atoms with E-state index in [1.54, 1.807) is 0 Å². The first-order valence-electron chi connectivity index (χ1n) is 6.10. The van der Waals surface area contributed by atoms with Crippen molar-refractivity contribution in [2.24, 2.45) is 11.8 Å². The second-order valence-electron chi connectivity index (χ2n) is 4.55. The summed E-state index contributed by atoms with van der Waals surface area (Å²) in [5, 5.41) is 0. The Balaban J connectivity index is 4.34. The zero-order valence-electron chi connectivity index (χ0n) is 12.2. The van der Waals surface area contributed by atoms with Crippen molar-refractivity contribution in [1.82, 2.24) is 0 Å². The van der Waals surface area contributed by atoms with Crippen LogP contribution in [-0.4, -0.2) is 31.7 Å². The van der Waals surface area contributed by atoms with Crippen molar-refractivity contribution < 1.29 is 41.5 Å². The number of esters is 2. The summed E-state index contributed by atoms with van der Waals surface area (Å²) in [6.07, 6.45) is -3.46. The monoisotopic (exact) mass is 332 g/mol. The molecule has 0 heterocycles. The van der Waals surface area contributed by atoms with Gasteiger partial charge in [-0.15, -0.1) is 0 Å². The van der Waals surface area contributed by atoms with Crippen LogP contribution < -0.4 is 0 Å². The molecule has 0 aliphatic carbocycles. The number of alkyl halides is 2. The minimum atomic E-state index is -4.85. The minimum Gasteiger partial charge on any atom is -0.438 e. The normalized spacial score (nSPS) is 12.0. The maximum Gasteiger partial charge on any atom is 0.402 e. The molecule has 124 valence electrons. The van der Waals surface area contributed by atoms with Crippen LogP contribution in [0.5, 0.6) is 0 Å². The molecule has 0 atom stereocenters. The Bertz CT molecular complexity index is 368. The minimum absolute atomic E-state index is 0.493. The van der Waals surface area contributed by atoms with Crippen LogP contribution >= 0.6 is 7.60 Å². The Morgan fingerprint density at radius 2 is 1.24 bits per heavy atom. The lowest BCUT2D eigenvalue weighted by atomic mass is 10.2. The molecule has 0 fully saturated rings. The van der Waals surface area contributed by atoms with E-state index < -0.39 is 51.1 Å². The summed E-state index contributed by atoms with van der Waals surface area (Å²) in [7, 11) is -4.85. The Hall–Kier alpha value is -1.05. The van der Waals surface area contributed by atoms with Crippen LogP contribution in [0.15, 0.2) is 0 Å². The van der Waals surface area contributed by atoms with Crippen LogP contribution in [0.1, 0.15) is 27.7 Å². The molecular weight excluding hydrogens is 313 g/mol. The molecule has 0 spiro atoms. The van der Waals surface area contributed by atoms with E-state index in [-0.39, 0.29) is 0 Å². The van der Waals surface area contributed by atoms with Gasteiger partial charge in [-0.05, 0) is 0 Å². The molecule has 10 heteroatoms. The molecule has 0 amide bonds. The number of hydrogen-bond donors (Lipinski definition) is 0. The molecule has 0 saturated heterocycles. The van der Waals surface area contributed by atoms with E-state index in [0.29, 0.717) is 0 Å². The SMILES string of the molecule is CC(C)C(=O)OCOP(=O)(OCOC(=O)C(C)C)C(F)F. The van der Waals surface area contributed by atoms with Crippen molar-refractivity contribution in [3.05, 3.63) is 0 Å². The van der Waals surface area contributed by atoms with Gasteiger partial charge in [-0.2, -0.15) is 8.78 Å². The molecule has 0 unspecified atom stereocenters. The quantitative estimate of drug-likeness (QED) is 0.364. The van der Waals surface area contributed by atoms with Crippen LogP contribution in [-0.2, 0) is 32.7 Å². The average Bonchev–Trinajstić information content (AvgIpc) is 2.37. The summed E-state index contributed by atoms with van der Waals surface area (Å²) in [5.41, 5.74) is 0. The molecule has 0 aliphatic heterocycles. The van der Waals surface area contributed by atoms with Gasteiger partial charge in [-0.3, -0.25) is 23.2 Å². The predicted molar refractivity (Wildman–Crippen MR) is 67.4 cm³/mol. The van der Waals surface area contributed by atoms with Gasteiger partial charge in [0.1, 0.15) is 0 Å². The third-order valence-electron chi connectivity index (χ3n) is 2.05. The second kappa shape index (κ2) is 9.07. The van der Waals surface area contributed by atoms with Gasteiger partial charge in [0.15, 0.2) is 0 Å². The molecule has 7 nitrogen and oxygen atoms in total. The summed E-state index contributed by atoms with van der Waals surface area (Å²) in [5.74, 6) is -2.40. The van der Waals surface area contributed by atoms with Gasteiger partial charge in [-0.1, -0.05) is 27.7 Å². The Kier molecular flexibility index (Phi) is 8.61. The molecule has 0 aromatic rings. The van der Waals surface area contributed by atoms with Gasteiger partial charge < -0.3 is 9.47 Å². The van der Waals surface area contributed by atoms with Gasteiger partial charge >= 0.3 is 25.7 Å². The Morgan fingerprint density at radius 1 is 0.905 bits per heavy atom. The number of rotatable bonds is 9. The molecule has 0 aromatic carbocycles. The first-order chi connectivity index (χ1) is 9.60. The molecular formula is C11H19F2O7P. The van der Waals surface area contributed by atoms with Crippen molar-refractivity contribution in [1.29, 1.82) is 0 Å². The van der Waals surface area contributed by atoms with Crippen molar-refractivity contribution in [2.75, 3.05) is 13.6 Å². The highest BCUT2D eigenvalue weighted by molar-refractivity contribution is 7.54. The van der Waals surface area contributed by atoms with Gasteiger partial charge in [0.2, 0.25) is 13.6 Å². The smallest absolute Gasteiger partial charge is 0.402 e. The zero-order valence-corrected chi connectivity index (χ0v) is 13.1. The van der Waals surface area contributed by atoms with E-state index in [0.717, 1.165) is 0 Å². The van der Waals surface area contributed by atoms with Gasteiger partial charge in [0, 0.05) is 0 Å². The summed E-state index contributed by atoms with van der Waals surface area (Å²) >= 11 is 0. The first-order valence-corrected chi connectivity index (χ1v) is 7.71. The number of carbonyl (C=O) groups is 2. The van der Waals surface area contributed by atoms with Crippen molar-refractivity contribution in [3.63, 3.8) is 0 Å². The van der Waals surface area contributed by atoms with E-state index in [1.807, 2.05) is 0 Å². The summed E-state index contributed by atoms with van der Waals surface area (Å²) in [4.78, 5) is 22.2. The van der Waals surface area contributed by atoms with Gasteiger partial charge in [-0.25, -0.2) is 0 Å². The summed E-state index contributed by atoms with van der Waals surface area (Å²) in [6, 6.07) is 0. The maximum absolute atomic E-state index is 12.7. The number of carbonyl (C=O) groups excluding carboxylic acids is 2. The lowest BCUT2D eigenvalue weighted by molar-refractivity contribution is -0.156. The maximum atomic E-state index is 12.7. The van der Waals surface area contributed by atoms with E-state index in [4.69, 9.17) is 0 Å². The lowest BCUT2D eigenvalue weighted by Crippen LogP contribution is -2.17. The van der Waals surface area contributed by atoms with Crippen molar-refractivity contribution >= 4 is 19.5 Å². The second-order valence-corrected chi connectivity index (χ2v) is 6.53. The number of ether oxygens (including phenoxy) is 2. The fraction of sp³-hybridized carbons (Fsp3) is 0.818. The van der Waals surface area contributed by atoms with E-state index in [1.165, 1.54) is 27.7 Å². The molecule has 0 bridgehead atoms. The lowest BCUT2D eigenvalue weighted by Gasteiger charge is -2.18. The van der Waals surface area contributed by atoms with Crippen LogP contribution in [0.3, 0.4) is 0 Å². The molecule has 0 aliphatic rings. The van der Waals surface area contributed by atoms with E-state index in [9.17, 15) is 22.9 Å². The van der Waals surface area contributed by atoms with Crippen LogP contribution in [0.2, 0.25) is 0 Å². The average molecular weight is 332 g/mol. The highest BCUT2D eigenvalue weighted by atomic mass is 31.2. The van der Waals surface area contributed by atoms with Crippen LogP contribution in [0.25, 0.3) is 0 Å². The van der Waals surface area contributed by atoms with Crippen molar-refractivity contribution in [2.45, 2.75) is 33.9 Å². The fourth-order valence-corrected chi connectivity index (χ4v) is 1.50. The molecule has 0 N–H and O–H groups in total. The predicted octanol–water partition coefficient (Wildman–Crippen LogP) is 2.75. The third-order valence-corrected chi connectivity index (χ3v) is 3.46. The first kappa shape index (κ1) is 19.9. The topological polar surface area (TPSA) is 88.1 Å². The highest BCUT2D eigenvalue weighted by Crippen LogP contribution is 2.54. The molecule has 21 heavy (non-hydrogen) atoms. The van der Waals surface area contributed by atoms with Gasteiger partial charge in [0.05, 0.1) is 11.8 Å². The Morgan fingerprint density at radius 3 is 1.48 bits per heavy atom. The van der Waals surface area contributed by atoms with E-state index in [2.05, 4.69) is 18.5 Å². The largest absolute Gasteiger partial charge is 0.438 e.